The zero-order valence-corrected chi connectivity index (χ0v) is 12.9. The second-order valence-electron chi connectivity index (χ2n) is 4.70. The van der Waals surface area contributed by atoms with Crippen molar-refractivity contribution in [2.45, 2.75) is 23.3 Å². The second kappa shape index (κ2) is 8.10. The van der Waals surface area contributed by atoms with Crippen molar-refractivity contribution in [2.75, 3.05) is 20.3 Å². The summed E-state index contributed by atoms with van der Waals surface area (Å²) >= 11 is 1.82. The van der Waals surface area contributed by atoms with Gasteiger partial charge in [-0.1, -0.05) is 47.7 Å². The first-order valence-electron chi connectivity index (χ1n) is 6.81. The first-order valence-corrected chi connectivity index (χ1v) is 7.63. The number of aryl methyl sites for hydroxylation is 1. The molecule has 0 aliphatic carbocycles. The molecular weight excluding hydrogens is 266 g/mol. The molecule has 2 aromatic carbocycles. The Labute approximate surface area is 125 Å². The molecule has 0 atom stereocenters. The Morgan fingerprint density at radius 1 is 1.10 bits per heavy atom. The topological polar surface area (TPSA) is 21.3 Å². The van der Waals surface area contributed by atoms with E-state index in [0.717, 1.165) is 19.7 Å². The zero-order chi connectivity index (χ0) is 14.2. The van der Waals surface area contributed by atoms with Gasteiger partial charge in [0, 0.05) is 30.0 Å². The summed E-state index contributed by atoms with van der Waals surface area (Å²) in [7, 11) is 1.73. The van der Waals surface area contributed by atoms with E-state index < -0.39 is 0 Å². The van der Waals surface area contributed by atoms with Gasteiger partial charge in [0.05, 0.1) is 6.61 Å². The number of rotatable bonds is 7. The Kier molecular flexibility index (Phi) is 6.12. The van der Waals surface area contributed by atoms with Crippen LogP contribution in [0.5, 0.6) is 0 Å². The Morgan fingerprint density at radius 3 is 2.65 bits per heavy atom. The lowest BCUT2D eigenvalue weighted by molar-refractivity contribution is 0.199. The van der Waals surface area contributed by atoms with E-state index in [1.54, 1.807) is 7.11 Å². The van der Waals surface area contributed by atoms with E-state index in [1.807, 2.05) is 17.8 Å². The van der Waals surface area contributed by atoms with Crippen LogP contribution in [-0.2, 0) is 11.3 Å². The number of ether oxygens (including phenoxy) is 1. The Morgan fingerprint density at radius 2 is 1.90 bits per heavy atom. The van der Waals surface area contributed by atoms with E-state index in [2.05, 4.69) is 54.7 Å². The Bertz CT molecular complexity index is 528. The molecule has 0 heterocycles. The summed E-state index contributed by atoms with van der Waals surface area (Å²) < 4.78 is 5.06. The number of methoxy groups -OCH3 is 1. The second-order valence-corrected chi connectivity index (χ2v) is 5.81. The molecular formula is C17H21NOS. The van der Waals surface area contributed by atoms with E-state index in [1.165, 1.54) is 20.9 Å². The Balaban J connectivity index is 2.07. The minimum absolute atomic E-state index is 0.743. The summed E-state index contributed by atoms with van der Waals surface area (Å²) in [5.41, 5.74) is 2.64. The van der Waals surface area contributed by atoms with Gasteiger partial charge < -0.3 is 10.1 Å². The van der Waals surface area contributed by atoms with Crippen LogP contribution in [0.15, 0.2) is 58.3 Å². The molecule has 106 valence electrons. The molecule has 0 fully saturated rings. The van der Waals surface area contributed by atoms with E-state index >= 15 is 0 Å². The van der Waals surface area contributed by atoms with Crippen LogP contribution in [0.1, 0.15) is 11.1 Å². The number of hydrogen-bond donors (Lipinski definition) is 1. The normalized spacial score (nSPS) is 10.7. The lowest BCUT2D eigenvalue weighted by Crippen LogP contribution is -2.18. The molecule has 2 aromatic rings. The van der Waals surface area contributed by atoms with Crippen LogP contribution in [0.4, 0.5) is 0 Å². The van der Waals surface area contributed by atoms with Crippen LogP contribution in [-0.4, -0.2) is 20.3 Å². The van der Waals surface area contributed by atoms with Crippen LogP contribution >= 0.6 is 11.8 Å². The number of benzene rings is 2. The molecule has 0 spiro atoms. The molecule has 0 bridgehead atoms. The van der Waals surface area contributed by atoms with Crippen molar-refractivity contribution in [3.05, 3.63) is 59.7 Å². The number of nitrogens with one attached hydrogen (secondary N) is 1. The molecule has 3 heteroatoms. The molecule has 0 unspecified atom stereocenters. The van der Waals surface area contributed by atoms with Crippen molar-refractivity contribution in [3.63, 3.8) is 0 Å². The molecule has 0 aliphatic rings. The molecule has 2 nitrogen and oxygen atoms in total. The maximum atomic E-state index is 5.06. The predicted molar refractivity (Wildman–Crippen MR) is 85.3 cm³/mol. The van der Waals surface area contributed by atoms with E-state index in [9.17, 15) is 0 Å². The first kappa shape index (κ1) is 15.1. The molecule has 2 rings (SSSR count). The highest BCUT2D eigenvalue weighted by atomic mass is 32.2. The first-order chi connectivity index (χ1) is 9.79. The van der Waals surface area contributed by atoms with Crippen LogP contribution < -0.4 is 5.32 Å². The summed E-state index contributed by atoms with van der Waals surface area (Å²) in [5, 5.41) is 3.42. The van der Waals surface area contributed by atoms with E-state index in [4.69, 9.17) is 4.74 Å². The van der Waals surface area contributed by atoms with Crippen molar-refractivity contribution in [3.8, 4) is 0 Å². The highest BCUT2D eigenvalue weighted by Crippen LogP contribution is 2.30. The van der Waals surface area contributed by atoms with Crippen LogP contribution in [0.3, 0.4) is 0 Å². The van der Waals surface area contributed by atoms with Gasteiger partial charge in [0.25, 0.3) is 0 Å². The van der Waals surface area contributed by atoms with Gasteiger partial charge in [-0.25, -0.2) is 0 Å². The minimum Gasteiger partial charge on any atom is -0.383 e. The van der Waals surface area contributed by atoms with Crippen LogP contribution in [0, 0.1) is 6.92 Å². The SMILES string of the molecule is COCCNCc1cc(C)ccc1Sc1ccccc1. The molecule has 0 saturated carbocycles. The highest BCUT2D eigenvalue weighted by Gasteiger charge is 2.04. The van der Waals surface area contributed by atoms with Crippen molar-refractivity contribution >= 4 is 11.8 Å². The van der Waals surface area contributed by atoms with Crippen LogP contribution in [0.25, 0.3) is 0 Å². The molecule has 0 radical (unpaired) electrons. The van der Waals surface area contributed by atoms with Crippen molar-refractivity contribution in [2.24, 2.45) is 0 Å². The fourth-order valence-electron chi connectivity index (χ4n) is 1.96. The van der Waals surface area contributed by atoms with Gasteiger partial charge in [0.15, 0.2) is 0 Å². The lowest BCUT2D eigenvalue weighted by atomic mass is 10.1. The van der Waals surface area contributed by atoms with E-state index in [-0.39, 0.29) is 0 Å². The third-order valence-electron chi connectivity index (χ3n) is 2.99. The quantitative estimate of drug-likeness (QED) is 0.781. The molecule has 1 N–H and O–H groups in total. The van der Waals surface area contributed by atoms with Crippen molar-refractivity contribution in [1.29, 1.82) is 0 Å². The molecule has 0 saturated heterocycles. The van der Waals surface area contributed by atoms with Crippen molar-refractivity contribution in [1.82, 2.24) is 5.32 Å². The van der Waals surface area contributed by atoms with Gasteiger partial charge in [0.1, 0.15) is 0 Å². The molecule has 0 aliphatic heterocycles. The monoisotopic (exact) mass is 287 g/mol. The summed E-state index contributed by atoms with van der Waals surface area (Å²) in [5.74, 6) is 0. The standard InChI is InChI=1S/C17H21NOS/c1-14-8-9-17(20-16-6-4-3-5-7-16)15(12-14)13-18-10-11-19-2/h3-9,12,18H,10-11,13H2,1-2H3. The van der Waals surface area contributed by atoms with Gasteiger partial charge in [-0.2, -0.15) is 0 Å². The minimum atomic E-state index is 0.743. The zero-order valence-electron chi connectivity index (χ0n) is 12.1. The maximum absolute atomic E-state index is 5.06. The average Bonchev–Trinajstić information content (AvgIpc) is 2.47. The summed E-state index contributed by atoms with van der Waals surface area (Å²) in [6.07, 6.45) is 0. The predicted octanol–water partition coefficient (Wildman–Crippen LogP) is 3.88. The third-order valence-corrected chi connectivity index (χ3v) is 4.11. The highest BCUT2D eigenvalue weighted by molar-refractivity contribution is 7.99. The van der Waals surface area contributed by atoms with Crippen LogP contribution in [0.2, 0.25) is 0 Å². The smallest absolute Gasteiger partial charge is 0.0587 e. The number of hydrogen-bond acceptors (Lipinski definition) is 3. The molecule has 20 heavy (non-hydrogen) atoms. The largest absolute Gasteiger partial charge is 0.383 e. The average molecular weight is 287 g/mol. The van der Waals surface area contributed by atoms with Crippen molar-refractivity contribution < 1.29 is 4.74 Å². The summed E-state index contributed by atoms with van der Waals surface area (Å²) in [6.45, 7) is 4.63. The third kappa shape index (κ3) is 4.67. The van der Waals surface area contributed by atoms with Gasteiger partial charge in [-0.3, -0.25) is 0 Å². The summed E-state index contributed by atoms with van der Waals surface area (Å²) in [4.78, 5) is 2.58. The molecule has 0 amide bonds. The Hall–Kier alpha value is -1.29. The fraction of sp³-hybridized carbons (Fsp3) is 0.294. The lowest BCUT2D eigenvalue weighted by Gasteiger charge is -2.11. The van der Waals surface area contributed by atoms with E-state index in [0.29, 0.717) is 0 Å². The maximum Gasteiger partial charge on any atom is 0.0587 e. The fourth-order valence-corrected chi connectivity index (χ4v) is 2.90. The molecule has 0 aromatic heterocycles. The van der Waals surface area contributed by atoms with Gasteiger partial charge in [-0.05, 0) is 30.7 Å². The summed E-state index contributed by atoms with van der Waals surface area (Å²) in [6, 6.07) is 17.1. The van der Waals surface area contributed by atoms with Gasteiger partial charge in [-0.15, -0.1) is 0 Å². The van der Waals surface area contributed by atoms with Gasteiger partial charge in [0.2, 0.25) is 0 Å². The van der Waals surface area contributed by atoms with Gasteiger partial charge >= 0.3 is 0 Å².